The SMILES string of the molecule is CCOC(=O)CCCN=C(N)Nc1ccccc1COC. The van der Waals surface area contributed by atoms with Crippen LogP contribution in [0.15, 0.2) is 29.3 Å². The average molecular weight is 293 g/mol. The van der Waals surface area contributed by atoms with E-state index < -0.39 is 0 Å². The molecule has 0 heterocycles. The van der Waals surface area contributed by atoms with E-state index in [1.54, 1.807) is 14.0 Å². The molecule has 0 amide bonds. The number of benzene rings is 1. The quantitative estimate of drug-likeness (QED) is 0.331. The molecule has 0 atom stereocenters. The van der Waals surface area contributed by atoms with Gasteiger partial charge in [0.1, 0.15) is 0 Å². The number of esters is 1. The van der Waals surface area contributed by atoms with Crippen LogP contribution in [-0.2, 0) is 20.9 Å². The first-order chi connectivity index (χ1) is 10.2. The molecule has 0 fully saturated rings. The lowest BCUT2D eigenvalue weighted by molar-refractivity contribution is -0.143. The number of hydrogen-bond donors (Lipinski definition) is 2. The van der Waals surface area contributed by atoms with Gasteiger partial charge in [-0.3, -0.25) is 9.79 Å². The number of nitrogens with zero attached hydrogens (tertiary/aromatic N) is 1. The van der Waals surface area contributed by atoms with Crippen LogP contribution in [0.25, 0.3) is 0 Å². The topological polar surface area (TPSA) is 85.9 Å². The minimum atomic E-state index is -0.204. The lowest BCUT2D eigenvalue weighted by atomic mass is 10.2. The number of nitrogens with two attached hydrogens (primary N) is 1. The van der Waals surface area contributed by atoms with Gasteiger partial charge in [-0.05, 0) is 19.4 Å². The number of para-hydroxylation sites is 1. The molecule has 1 aromatic carbocycles. The second-order valence-electron chi connectivity index (χ2n) is 4.39. The number of guanidine groups is 1. The van der Waals surface area contributed by atoms with Crippen molar-refractivity contribution in [2.24, 2.45) is 10.7 Å². The number of hydrogen-bond acceptors (Lipinski definition) is 4. The number of anilines is 1. The van der Waals surface area contributed by atoms with Crippen LogP contribution in [0.4, 0.5) is 5.69 Å². The first-order valence-electron chi connectivity index (χ1n) is 6.96. The van der Waals surface area contributed by atoms with Crippen molar-refractivity contribution >= 4 is 17.6 Å². The Labute approximate surface area is 125 Å². The van der Waals surface area contributed by atoms with Gasteiger partial charge < -0.3 is 20.5 Å². The lowest BCUT2D eigenvalue weighted by Gasteiger charge is -2.10. The molecule has 0 aliphatic heterocycles. The molecule has 1 aromatic rings. The molecule has 0 aliphatic carbocycles. The van der Waals surface area contributed by atoms with E-state index in [1.807, 2.05) is 24.3 Å². The van der Waals surface area contributed by atoms with Gasteiger partial charge in [0.2, 0.25) is 0 Å². The average Bonchev–Trinajstić information content (AvgIpc) is 2.46. The monoisotopic (exact) mass is 293 g/mol. The summed E-state index contributed by atoms with van der Waals surface area (Å²) in [5.74, 6) is 0.118. The van der Waals surface area contributed by atoms with E-state index in [4.69, 9.17) is 15.2 Å². The fourth-order valence-corrected chi connectivity index (χ4v) is 1.76. The third-order valence-electron chi connectivity index (χ3n) is 2.71. The first-order valence-corrected chi connectivity index (χ1v) is 6.96. The molecule has 0 unspecified atom stereocenters. The number of nitrogens with one attached hydrogen (secondary N) is 1. The van der Waals surface area contributed by atoms with Gasteiger partial charge in [-0.2, -0.15) is 0 Å². The lowest BCUT2D eigenvalue weighted by Crippen LogP contribution is -2.23. The van der Waals surface area contributed by atoms with Gasteiger partial charge in [-0.1, -0.05) is 18.2 Å². The van der Waals surface area contributed by atoms with E-state index in [0.29, 0.717) is 38.6 Å². The highest BCUT2D eigenvalue weighted by Crippen LogP contribution is 2.15. The van der Waals surface area contributed by atoms with Crippen molar-refractivity contribution in [1.82, 2.24) is 0 Å². The number of carbonyl (C=O) groups excluding carboxylic acids is 1. The number of carbonyl (C=O) groups is 1. The van der Waals surface area contributed by atoms with Crippen molar-refractivity contribution < 1.29 is 14.3 Å². The smallest absolute Gasteiger partial charge is 0.305 e. The number of aliphatic imine (C=N–C) groups is 1. The van der Waals surface area contributed by atoms with Gasteiger partial charge in [-0.15, -0.1) is 0 Å². The summed E-state index contributed by atoms with van der Waals surface area (Å²) in [6, 6.07) is 7.72. The second-order valence-corrected chi connectivity index (χ2v) is 4.39. The summed E-state index contributed by atoms with van der Waals surface area (Å²) in [4.78, 5) is 15.4. The maximum atomic E-state index is 11.2. The summed E-state index contributed by atoms with van der Waals surface area (Å²) in [7, 11) is 1.64. The standard InChI is InChI=1S/C15H23N3O3/c1-3-21-14(19)9-6-10-17-15(16)18-13-8-5-4-7-12(13)11-20-2/h4-5,7-8H,3,6,9-11H2,1-2H3,(H3,16,17,18). The Morgan fingerprint density at radius 2 is 2.14 bits per heavy atom. The molecule has 0 saturated heterocycles. The van der Waals surface area contributed by atoms with Gasteiger partial charge in [0.15, 0.2) is 5.96 Å². The zero-order valence-electron chi connectivity index (χ0n) is 12.6. The van der Waals surface area contributed by atoms with Gasteiger partial charge in [0.05, 0.1) is 13.2 Å². The predicted octanol–water partition coefficient (Wildman–Crippen LogP) is 1.90. The zero-order chi connectivity index (χ0) is 15.5. The van der Waals surface area contributed by atoms with E-state index in [2.05, 4.69) is 10.3 Å². The van der Waals surface area contributed by atoms with Gasteiger partial charge in [0, 0.05) is 31.3 Å². The zero-order valence-corrected chi connectivity index (χ0v) is 12.6. The summed E-state index contributed by atoms with van der Waals surface area (Å²) < 4.78 is 9.96. The molecular weight excluding hydrogens is 270 g/mol. The summed E-state index contributed by atoms with van der Waals surface area (Å²) in [6.45, 7) is 3.17. The molecule has 0 saturated carbocycles. The fraction of sp³-hybridized carbons (Fsp3) is 0.467. The highest BCUT2D eigenvalue weighted by Gasteiger charge is 2.03. The van der Waals surface area contributed by atoms with Gasteiger partial charge >= 0.3 is 5.97 Å². The summed E-state index contributed by atoms with van der Waals surface area (Å²) in [5.41, 5.74) is 7.70. The van der Waals surface area contributed by atoms with Crippen LogP contribution in [0, 0.1) is 0 Å². The minimum Gasteiger partial charge on any atom is -0.466 e. The summed E-state index contributed by atoms with van der Waals surface area (Å²) >= 11 is 0. The van der Waals surface area contributed by atoms with E-state index in [1.165, 1.54) is 0 Å². The molecule has 0 aliphatic rings. The number of rotatable bonds is 8. The van der Waals surface area contributed by atoms with Crippen LogP contribution in [0.5, 0.6) is 0 Å². The summed E-state index contributed by atoms with van der Waals surface area (Å²) in [6.07, 6.45) is 0.964. The van der Waals surface area contributed by atoms with Crippen LogP contribution >= 0.6 is 0 Å². The maximum Gasteiger partial charge on any atom is 0.305 e. The van der Waals surface area contributed by atoms with Crippen LogP contribution in [0.3, 0.4) is 0 Å². The van der Waals surface area contributed by atoms with Crippen molar-refractivity contribution in [3.05, 3.63) is 29.8 Å². The molecule has 0 bridgehead atoms. The Balaban J connectivity index is 2.43. The maximum absolute atomic E-state index is 11.2. The van der Waals surface area contributed by atoms with E-state index >= 15 is 0 Å². The molecule has 1 rings (SSSR count). The third kappa shape index (κ3) is 6.76. The van der Waals surface area contributed by atoms with E-state index in [0.717, 1.165) is 11.3 Å². The predicted molar refractivity (Wildman–Crippen MR) is 83.1 cm³/mol. The second kappa shape index (κ2) is 9.77. The molecule has 0 radical (unpaired) electrons. The molecule has 0 spiro atoms. The Hall–Kier alpha value is -2.08. The van der Waals surface area contributed by atoms with Gasteiger partial charge in [0.25, 0.3) is 0 Å². The van der Waals surface area contributed by atoms with Gasteiger partial charge in [-0.25, -0.2) is 0 Å². The Kier molecular flexibility index (Phi) is 7.89. The highest BCUT2D eigenvalue weighted by molar-refractivity contribution is 5.92. The number of ether oxygens (including phenoxy) is 2. The normalized spacial score (nSPS) is 11.2. The molecule has 3 N–H and O–H groups in total. The molecule has 0 aromatic heterocycles. The Bertz CT molecular complexity index is 475. The third-order valence-corrected chi connectivity index (χ3v) is 2.71. The van der Waals surface area contributed by atoms with Crippen molar-refractivity contribution in [2.75, 3.05) is 25.6 Å². The Morgan fingerprint density at radius 3 is 2.86 bits per heavy atom. The van der Waals surface area contributed by atoms with Crippen LogP contribution in [0.1, 0.15) is 25.3 Å². The molecular formula is C15H23N3O3. The highest BCUT2D eigenvalue weighted by atomic mass is 16.5. The van der Waals surface area contributed by atoms with Crippen molar-refractivity contribution in [3.8, 4) is 0 Å². The number of methoxy groups -OCH3 is 1. The Morgan fingerprint density at radius 1 is 1.38 bits per heavy atom. The van der Waals surface area contributed by atoms with Crippen molar-refractivity contribution in [3.63, 3.8) is 0 Å². The van der Waals surface area contributed by atoms with Crippen molar-refractivity contribution in [2.45, 2.75) is 26.4 Å². The fourth-order valence-electron chi connectivity index (χ4n) is 1.76. The van der Waals surface area contributed by atoms with Crippen LogP contribution in [-0.4, -0.2) is 32.2 Å². The van der Waals surface area contributed by atoms with Crippen molar-refractivity contribution in [1.29, 1.82) is 0 Å². The molecule has 6 nitrogen and oxygen atoms in total. The molecule has 21 heavy (non-hydrogen) atoms. The summed E-state index contributed by atoms with van der Waals surface area (Å²) in [5, 5.41) is 3.04. The van der Waals surface area contributed by atoms with E-state index in [9.17, 15) is 4.79 Å². The van der Waals surface area contributed by atoms with Crippen LogP contribution < -0.4 is 11.1 Å². The molecule has 116 valence electrons. The van der Waals surface area contributed by atoms with Crippen LogP contribution in [0.2, 0.25) is 0 Å². The largest absolute Gasteiger partial charge is 0.466 e. The van der Waals surface area contributed by atoms with E-state index in [-0.39, 0.29) is 5.97 Å². The minimum absolute atomic E-state index is 0.204. The molecule has 6 heteroatoms. The first kappa shape index (κ1) is 17.0.